The Morgan fingerprint density at radius 3 is 2.64 bits per heavy atom. The van der Waals surface area contributed by atoms with E-state index in [4.69, 9.17) is 5.11 Å². The first-order chi connectivity index (χ1) is 10.5. The zero-order chi connectivity index (χ0) is 15.9. The molecule has 0 atom stereocenters. The highest BCUT2D eigenvalue weighted by Gasteiger charge is 2.09. The second kappa shape index (κ2) is 7.46. The van der Waals surface area contributed by atoms with Crippen LogP contribution in [0.3, 0.4) is 0 Å². The number of hydrogen-bond donors (Lipinski definition) is 3. The average Bonchev–Trinajstić information content (AvgIpc) is 2.47. The fraction of sp³-hybridized carbons (Fsp3) is 0.0667. The maximum Gasteiger partial charge on any atom is 0.405 e. The van der Waals surface area contributed by atoms with E-state index in [-0.39, 0.29) is 12.4 Å². The minimum absolute atomic E-state index is 0.336. The number of rotatable bonds is 5. The summed E-state index contributed by atoms with van der Waals surface area (Å²) < 4.78 is 13.2. The molecule has 0 bridgehead atoms. The van der Waals surface area contributed by atoms with Crippen molar-refractivity contribution in [2.45, 2.75) is 9.79 Å². The maximum absolute atomic E-state index is 13.2. The molecule has 5 nitrogen and oxygen atoms in total. The number of carbonyl (C=O) groups excluding carboxylic acids is 1. The molecule has 0 saturated heterocycles. The Kier molecular flexibility index (Phi) is 5.37. The van der Waals surface area contributed by atoms with Gasteiger partial charge in [-0.05, 0) is 30.3 Å². The maximum atomic E-state index is 13.2. The highest BCUT2D eigenvalue weighted by atomic mass is 32.2. The Bertz CT molecular complexity index is 694. The highest BCUT2D eigenvalue weighted by Crippen LogP contribution is 2.33. The minimum Gasteiger partial charge on any atom is -0.465 e. The van der Waals surface area contributed by atoms with Gasteiger partial charge in [-0.1, -0.05) is 30.0 Å². The molecule has 2 aromatic rings. The minimum atomic E-state index is -1.27. The lowest BCUT2D eigenvalue weighted by Gasteiger charge is -2.10. The Morgan fingerprint density at radius 1 is 1.14 bits per heavy atom. The second-order valence-electron chi connectivity index (χ2n) is 4.26. The van der Waals surface area contributed by atoms with Crippen molar-refractivity contribution >= 4 is 29.4 Å². The largest absolute Gasteiger partial charge is 0.465 e. The monoisotopic (exact) mass is 320 g/mol. The lowest BCUT2D eigenvalue weighted by atomic mass is 10.3. The average molecular weight is 320 g/mol. The first kappa shape index (κ1) is 15.8. The number of halogens is 1. The normalized spacial score (nSPS) is 10.0. The molecule has 7 heteroatoms. The zero-order valence-corrected chi connectivity index (χ0v) is 12.2. The van der Waals surface area contributed by atoms with E-state index in [0.29, 0.717) is 10.6 Å². The predicted octanol–water partition coefficient (Wildman–Crippen LogP) is 3.18. The second-order valence-corrected chi connectivity index (χ2v) is 5.38. The number of anilines is 1. The molecule has 0 aliphatic heterocycles. The number of carboxylic acid groups (broad SMARTS) is 1. The first-order valence-electron chi connectivity index (χ1n) is 6.33. The fourth-order valence-electron chi connectivity index (χ4n) is 1.67. The van der Waals surface area contributed by atoms with Crippen LogP contribution in [0.25, 0.3) is 0 Å². The SMILES string of the molecule is O=C(O)NCC(=O)Nc1ccccc1Sc1cccc(F)c1. The summed E-state index contributed by atoms with van der Waals surface area (Å²) in [5, 5.41) is 13.1. The van der Waals surface area contributed by atoms with E-state index in [1.807, 2.05) is 5.32 Å². The van der Waals surface area contributed by atoms with Crippen molar-refractivity contribution in [3.8, 4) is 0 Å². The van der Waals surface area contributed by atoms with Crippen molar-refractivity contribution in [2.24, 2.45) is 0 Å². The van der Waals surface area contributed by atoms with Crippen LogP contribution in [0.1, 0.15) is 0 Å². The van der Waals surface area contributed by atoms with E-state index in [2.05, 4.69) is 5.32 Å². The molecule has 0 heterocycles. The van der Waals surface area contributed by atoms with Gasteiger partial charge in [-0.25, -0.2) is 9.18 Å². The number of hydrogen-bond acceptors (Lipinski definition) is 3. The van der Waals surface area contributed by atoms with E-state index < -0.39 is 12.0 Å². The zero-order valence-electron chi connectivity index (χ0n) is 11.4. The lowest BCUT2D eigenvalue weighted by Crippen LogP contribution is -2.31. The summed E-state index contributed by atoms with van der Waals surface area (Å²) in [5.74, 6) is -0.813. The Labute approximate surface area is 130 Å². The summed E-state index contributed by atoms with van der Waals surface area (Å²) in [6, 6.07) is 13.2. The van der Waals surface area contributed by atoms with Gasteiger partial charge in [-0.2, -0.15) is 0 Å². The molecule has 0 radical (unpaired) electrons. The quantitative estimate of drug-likeness (QED) is 0.790. The third kappa shape index (κ3) is 4.78. The molecule has 0 fully saturated rings. The van der Waals surface area contributed by atoms with Crippen LogP contribution in [0.15, 0.2) is 58.3 Å². The smallest absolute Gasteiger partial charge is 0.405 e. The molecular formula is C15H13FN2O3S. The molecule has 0 aliphatic rings. The van der Waals surface area contributed by atoms with E-state index >= 15 is 0 Å². The third-order valence-electron chi connectivity index (χ3n) is 2.59. The lowest BCUT2D eigenvalue weighted by molar-refractivity contribution is -0.115. The molecular weight excluding hydrogens is 307 g/mol. The topological polar surface area (TPSA) is 78.4 Å². The molecule has 2 rings (SSSR count). The van der Waals surface area contributed by atoms with Crippen molar-refractivity contribution < 1.29 is 19.1 Å². The van der Waals surface area contributed by atoms with Crippen molar-refractivity contribution in [2.75, 3.05) is 11.9 Å². The molecule has 2 aromatic carbocycles. The molecule has 0 aliphatic carbocycles. The van der Waals surface area contributed by atoms with Crippen LogP contribution in [-0.2, 0) is 4.79 Å². The van der Waals surface area contributed by atoms with Crippen molar-refractivity contribution in [3.05, 3.63) is 54.3 Å². The molecule has 3 N–H and O–H groups in total. The van der Waals surface area contributed by atoms with Gasteiger partial charge in [0.05, 0.1) is 5.69 Å². The summed E-state index contributed by atoms with van der Waals surface area (Å²) in [7, 11) is 0. The number of amides is 2. The van der Waals surface area contributed by atoms with Crippen LogP contribution >= 0.6 is 11.8 Å². The Balaban J connectivity index is 2.09. The van der Waals surface area contributed by atoms with Crippen molar-refractivity contribution in [1.82, 2.24) is 5.32 Å². The van der Waals surface area contributed by atoms with Crippen LogP contribution in [0.2, 0.25) is 0 Å². The van der Waals surface area contributed by atoms with Gasteiger partial charge in [0.2, 0.25) is 5.91 Å². The predicted molar refractivity (Wildman–Crippen MR) is 81.6 cm³/mol. The molecule has 0 spiro atoms. The number of carbonyl (C=O) groups is 2. The molecule has 2 amide bonds. The van der Waals surface area contributed by atoms with Gasteiger partial charge < -0.3 is 15.7 Å². The summed E-state index contributed by atoms with van der Waals surface area (Å²) in [6.07, 6.45) is -1.27. The van der Waals surface area contributed by atoms with E-state index in [1.165, 1.54) is 23.9 Å². The van der Waals surface area contributed by atoms with Gasteiger partial charge in [0, 0.05) is 9.79 Å². The van der Waals surface area contributed by atoms with Crippen molar-refractivity contribution in [1.29, 1.82) is 0 Å². The van der Waals surface area contributed by atoms with Crippen LogP contribution in [-0.4, -0.2) is 23.7 Å². The van der Waals surface area contributed by atoms with Gasteiger partial charge in [-0.15, -0.1) is 0 Å². The Hall–Kier alpha value is -2.54. The van der Waals surface area contributed by atoms with Crippen molar-refractivity contribution in [3.63, 3.8) is 0 Å². The summed E-state index contributed by atoms with van der Waals surface area (Å²) in [4.78, 5) is 23.5. The van der Waals surface area contributed by atoms with E-state index in [9.17, 15) is 14.0 Å². The van der Waals surface area contributed by atoms with Gasteiger partial charge in [-0.3, -0.25) is 4.79 Å². The van der Waals surface area contributed by atoms with Crippen LogP contribution < -0.4 is 10.6 Å². The molecule has 114 valence electrons. The van der Waals surface area contributed by atoms with Gasteiger partial charge in [0.1, 0.15) is 12.4 Å². The third-order valence-corrected chi connectivity index (χ3v) is 3.65. The van der Waals surface area contributed by atoms with E-state index in [0.717, 1.165) is 4.90 Å². The first-order valence-corrected chi connectivity index (χ1v) is 7.15. The highest BCUT2D eigenvalue weighted by molar-refractivity contribution is 7.99. The molecule has 0 saturated carbocycles. The molecule has 0 aromatic heterocycles. The van der Waals surface area contributed by atoms with Gasteiger partial charge in [0.25, 0.3) is 0 Å². The standard InChI is InChI=1S/C15H13FN2O3S/c16-10-4-3-5-11(8-10)22-13-7-2-1-6-12(13)18-14(19)9-17-15(20)21/h1-8,17H,9H2,(H,18,19)(H,20,21). The van der Waals surface area contributed by atoms with E-state index in [1.54, 1.807) is 36.4 Å². The Morgan fingerprint density at radius 2 is 1.91 bits per heavy atom. The number of para-hydroxylation sites is 1. The summed E-state index contributed by atoms with van der Waals surface area (Å²) >= 11 is 1.30. The molecule has 0 unspecified atom stereocenters. The summed E-state index contributed by atoms with van der Waals surface area (Å²) in [5.41, 5.74) is 0.536. The number of nitrogens with one attached hydrogen (secondary N) is 2. The van der Waals surface area contributed by atoms with Crippen LogP contribution in [0.5, 0.6) is 0 Å². The van der Waals surface area contributed by atoms with Gasteiger partial charge >= 0.3 is 6.09 Å². The fourth-order valence-corrected chi connectivity index (χ4v) is 2.61. The van der Waals surface area contributed by atoms with Gasteiger partial charge in [0.15, 0.2) is 0 Å². The molecule has 22 heavy (non-hydrogen) atoms. The summed E-state index contributed by atoms with van der Waals surface area (Å²) in [6.45, 7) is -0.339. The number of benzene rings is 2. The van der Waals surface area contributed by atoms with Crippen LogP contribution in [0.4, 0.5) is 14.9 Å². The van der Waals surface area contributed by atoms with Crippen LogP contribution in [0, 0.1) is 5.82 Å².